The molecule has 1 fully saturated rings. The van der Waals surface area contributed by atoms with Gasteiger partial charge in [0.2, 0.25) is 5.91 Å². The summed E-state index contributed by atoms with van der Waals surface area (Å²) in [4.78, 5) is 12.4. The zero-order chi connectivity index (χ0) is 8.15. The first-order valence-corrected chi connectivity index (χ1v) is 3.15. The number of nitrogens with zero attached hydrogens (tertiary/aromatic N) is 1. The lowest BCUT2D eigenvalue weighted by Gasteiger charge is -2.03. The van der Waals surface area contributed by atoms with Gasteiger partial charge in [-0.2, -0.15) is 0 Å². The van der Waals surface area contributed by atoms with Gasteiger partial charge < -0.3 is 10.0 Å². The molecule has 1 aliphatic heterocycles. The first-order chi connectivity index (χ1) is 4.72. The third kappa shape index (κ3) is 1.97. The third-order valence-electron chi connectivity index (χ3n) is 1.38. The number of carbonyl (C=O) groups is 1. The van der Waals surface area contributed by atoms with Crippen molar-refractivity contribution in [3.8, 4) is 0 Å². The van der Waals surface area contributed by atoms with Crippen molar-refractivity contribution in [2.45, 2.75) is 13.0 Å². The lowest BCUT2D eigenvalue weighted by Crippen LogP contribution is -2.24. The molecule has 0 bridgehead atoms. The molecule has 4 heteroatoms. The van der Waals surface area contributed by atoms with Gasteiger partial charge >= 0.3 is 0 Å². The van der Waals surface area contributed by atoms with Crippen molar-refractivity contribution in [1.82, 2.24) is 10.2 Å². The van der Waals surface area contributed by atoms with E-state index in [1.54, 1.807) is 11.9 Å². The van der Waals surface area contributed by atoms with Crippen LogP contribution in [0.4, 0.5) is 0 Å². The van der Waals surface area contributed by atoms with Gasteiger partial charge in [0.1, 0.15) is 0 Å². The minimum atomic E-state index is 0.0278. The Morgan fingerprint density at radius 1 is 1.70 bits per heavy atom. The SMILES string of the molecule is CC1NCN(C)C1=O.CO. The minimum Gasteiger partial charge on any atom is -0.400 e. The molecule has 0 aromatic rings. The summed E-state index contributed by atoms with van der Waals surface area (Å²) in [7, 11) is 2.79. The van der Waals surface area contributed by atoms with Crippen molar-refractivity contribution in [3.63, 3.8) is 0 Å². The average molecular weight is 146 g/mol. The highest BCUT2D eigenvalue weighted by Gasteiger charge is 2.22. The highest BCUT2D eigenvalue weighted by molar-refractivity contribution is 5.82. The van der Waals surface area contributed by atoms with E-state index in [0.717, 1.165) is 7.11 Å². The molecule has 1 amide bonds. The topological polar surface area (TPSA) is 52.6 Å². The van der Waals surface area contributed by atoms with Crippen molar-refractivity contribution in [1.29, 1.82) is 0 Å². The number of amides is 1. The molecule has 1 rings (SSSR count). The Balaban J connectivity index is 0.000000371. The van der Waals surface area contributed by atoms with Crippen LogP contribution in [0, 0.1) is 0 Å². The van der Waals surface area contributed by atoms with Crippen LogP contribution in [0.3, 0.4) is 0 Å². The Morgan fingerprint density at radius 3 is 2.30 bits per heavy atom. The largest absolute Gasteiger partial charge is 0.400 e. The smallest absolute Gasteiger partial charge is 0.240 e. The number of hydrogen-bond acceptors (Lipinski definition) is 3. The van der Waals surface area contributed by atoms with E-state index in [4.69, 9.17) is 5.11 Å². The van der Waals surface area contributed by atoms with Gasteiger partial charge in [0, 0.05) is 14.2 Å². The highest BCUT2D eigenvalue weighted by Crippen LogP contribution is 1.96. The van der Waals surface area contributed by atoms with Crippen LogP contribution in [-0.4, -0.2) is 42.8 Å². The van der Waals surface area contributed by atoms with E-state index in [0.29, 0.717) is 6.67 Å². The molecule has 0 saturated carbocycles. The van der Waals surface area contributed by atoms with E-state index in [2.05, 4.69) is 5.32 Å². The number of rotatable bonds is 0. The quantitative estimate of drug-likeness (QED) is 0.461. The van der Waals surface area contributed by atoms with Crippen LogP contribution in [0.25, 0.3) is 0 Å². The van der Waals surface area contributed by atoms with Crippen molar-refractivity contribution in [2.24, 2.45) is 0 Å². The van der Waals surface area contributed by atoms with Gasteiger partial charge in [0.25, 0.3) is 0 Å². The van der Waals surface area contributed by atoms with Crippen molar-refractivity contribution < 1.29 is 9.90 Å². The molecule has 0 aliphatic carbocycles. The molecule has 1 saturated heterocycles. The molecule has 1 unspecified atom stereocenters. The molecule has 0 radical (unpaired) electrons. The van der Waals surface area contributed by atoms with Crippen LogP contribution in [0.15, 0.2) is 0 Å². The van der Waals surface area contributed by atoms with Crippen molar-refractivity contribution in [3.05, 3.63) is 0 Å². The first kappa shape index (κ1) is 9.39. The molecular formula is C6H14N2O2. The normalized spacial score (nSPS) is 24.2. The summed E-state index contributed by atoms with van der Waals surface area (Å²) in [6.45, 7) is 2.56. The number of carbonyl (C=O) groups excluding carboxylic acids is 1. The molecule has 1 atom stereocenters. The van der Waals surface area contributed by atoms with Gasteiger partial charge in [0.05, 0.1) is 12.7 Å². The van der Waals surface area contributed by atoms with Crippen LogP contribution >= 0.6 is 0 Å². The second-order valence-electron chi connectivity index (χ2n) is 2.12. The lowest BCUT2D eigenvalue weighted by atomic mass is 10.3. The van der Waals surface area contributed by atoms with Gasteiger partial charge in [-0.3, -0.25) is 10.1 Å². The van der Waals surface area contributed by atoms with E-state index < -0.39 is 0 Å². The average Bonchev–Trinajstić information content (AvgIpc) is 2.25. The first-order valence-electron chi connectivity index (χ1n) is 3.15. The monoisotopic (exact) mass is 146 g/mol. The molecule has 10 heavy (non-hydrogen) atoms. The third-order valence-corrected chi connectivity index (χ3v) is 1.38. The highest BCUT2D eigenvalue weighted by atomic mass is 16.2. The van der Waals surface area contributed by atoms with Gasteiger partial charge in [-0.05, 0) is 6.92 Å². The molecule has 1 heterocycles. The maximum atomic E-state index is 10.8. The summed E-state index contributed by atoms with van der Waals surface area (Å²) in [5.74, 6) is 0.185. The van der Waals surface area contributed by atoms with Crippen molar-refractivity contribution >= 4 is 5.91 Å². The van der Waals surface area contributed by atoms with Gasteiger partial charge in [0.15, 0.2) is 0 Å². The van der Waals surface area contributed by atoms with Crippen LogP contribution in [0.2, 0.25) is 0 Å². The van der Waals surface area contributed by atoms with Crippen LogP contribution in [0.5, 0.6) is 0 Å². The van der Waals surface area contributed by atoms with Crippen LogP contribution < -0.4 is 5.32 Å². The Labute approximate surface area is 60.8 Å². The summed E-state index contributed by atoms with van der Waals surface area (Å²) in [6.07, 6.45) is 0. The maximum absolute atomic E-state index is 10.8. The molecule has 0 aromatic carbocycles. The summed E-state index contributed by atoms with van der Waals surface area (Å²) < 4.78 is 0. The molecule has 4 nitrogen and oxygen atoms in total. The van der Waals surface area contributed by atoms with Gasteiger partial charge in [-0.1, -0.05) is 0 Å². The van der Waals surface area contributed by atoms with E-state index in [-0.39, 0.29) is 11.9 Å². The Morgan fingerprint density at radius 2 is 2.20 bits per heavy atom. The minimum absolute atomic E-state index is 0.0278. The fourth-order valence-corrected chi connectivity index (χ4v) is 0.770. The predicted molar refractivity (Wildman–Crippen MR) is 38.4 cm³/mol. The Hall–Kier alpha value is -0.610. The summed E-state index contributed by atoms with van der Waals surface area (Å²) in [5, 5.41) is 10.00. The van der Waals surface area contributed by atoms with Gasteiger partial charge in [-0.15, -0.1) is 0 Å². The standard InChI is InChI=1S/C5H10N2O.CH4O/c1-4-5(8)7(2)3-6-4;1-2/h4,6H,3H2,1-2H3;2H,1H3. The molecule has 2 N–H and O–H groups in total. The number of nitrogens with one attached hydrogen (secondary N) is 1. The van der Waals surface area contributed by atoms with E-state index in [1.165, 1.54) is 0 Å². The molecular weight excluding hydrogens is 132 g/mol. The van der Waals surface area contributed by atoms with Gasteiger partial charge in [-0.25, -0.2) is 0 Å². The number of aliphatic hydroxyl groups excluding tert-OH is 1. The second-order valence-corrected chi connectivity index (χ2v) is 2.12. The number of likely N-dealkylation sites (N-methyl/N-ethyl adjacent to an activating group) is 1. The lowest BCUT2D eigenvalue weighted by molar-refractivity contribution is -0.127. The Bertz CT molecular complexity index is 104. The zero-order valence-corrected chi connectivity index (χ0v) is 6.59. The maximum Gasteiger partial charge on any atom is 0.240 e. The molecule has 60 valence electrons. The van der Waals surface area contributed by atoms with E-state index in [9.17, 15) is 4.79 Å². The van der Waals surface area contributed by atoms with Crippen molar-refractivity contribution in [2.75, 3.05) is 20.8 Å². The fraction of sp³-hybridized carbons (Fsp3) is 0.833. The zero-order valence-electron chi connectivity index (χ0n) is 6.59. The number of hydrogen-bond donors (Lipinski definition) is 2. The second kappa shape index (κ2) is 4.24. The molecule has 1 aliphatic rings. The summed E-state index contributed by atoms with van der Waals surface area (Å²) in [5.41, 5.74) is 0. The van der Waals surface area contributed by atoms with Crippen LogP contribution in [0.1, 0.15) is 6.92 Å². The van der Waals surface area contributed by atoms with Crippen LogP contribution in [-0.2, 0) is 4.79 Å². The van der Waals surface area contributed by atoms with E-state index in [1.807, 2.05) is 6.92 Å². The summed E-state index contributed by atoms with van der Waals surface area (Å²) >= 11 is 0. The Kier molecular flexibility index (Phi) is 3.99. The summed E-state index contributed by atoms with van der Waals surface area (Å²) in [6, 6.07) is 0.0278. The molecule has 0 spiro atoms. The number of aliphatic hydroxyl groups is 1. The predicted octanol–water partition coefficient (Wildman–Crippen LogP) is -0.997. The molecule has 0 aromatic heterocycles. The fourth-order valence-electron chi connectivity index (χ4n) is 0.770. The van der Waals surface area contributed by atoms with E-state index >= 15 is 0 Å².